The van der Waals surface area contributed by atoms with Gasteiger partial charge in [-0.05, 0) is 70.0 Å². The number of aryl methyl sites for hydroxylation is 2. The molecule has 0 bridgehead atoms. The van der Waals surface area contributed by atoms with Gasteiger partial charge in [-0.3, -0.25) is 9.89 Å². The number of aromatic amines is 1. The molecule has 0 atom stereocenters. The Bertz CT molecular complexity index is 1210. The molecule has 4 rings (SSSR count). The third kappa shape index (κ3) is 6.07. The maximum atomic E-state index is 15.1. The molecule has 1 saturated heterocycles. The highest BCUT2D eigenvalue weighted by atomic mass is 35.5. The molecule has 1 aromatic carbocycles. The van der Waals surface area contributed by atoms with Crippen LogP contribution in [0.25, 0.3) is 0 Å². The van der Waals surface area contributed by atoms with E-state index in [9.17, 15) is 4.79 Å². The van der Waals surface area contributed by atoms with Crippen molar-refractivity contribution in [3.8, 4) is 0 Å². The van der Waals surface area contributed by atoms with Gasteiger partial charge >= 0.3 is 0 Å². The number of hydrogen-bond donors (Lipinski definition) is 3. The predicted octanol–water partition coefficient (Wildman–Crippen LogP) is 4.36. The maximum absolute atomic E-state index is 15.1. The highest BCUT2D eigenvalue weighted by Gasteiger charge is 2.26. The minimum Gasteiger partial charge on any atom is -0.342 e. The summed E-state index contributed by atoms with van der Waals surface area (Å²) in [6, 6.07) is 5.17. The van der Waals surface area contributed by atoms with Crippen molar-refractivity contribution in [3.63, 3.8) is 0 Å². The van der Waals surface area contributed by atoms with Gasteiger partial charge < -0.3 is 20.4 Å². The Morgan fingerprint density at radius 3 is 2.63 bits per heavy atom. The summed E-state index contributed by atoms with van der Waals surface area (Å²) in [6.45, 7) is 5.63. The van der Waals surface area contributed by atoms with Gasteiger partial charge in [0.1, 0.15) is 10.8 Å². The van der Waals surface area contributed by atoms with Crippen molar-refractivity contribution in [3.05, 3.63) is 52.1 Å². The summed E-state index contributed by atoms with van der Waals surface area (Å²) in [5.74, 6) is 1.10. The monoisotopic (exact) mass is 500 g/mol. The van der Waals surface area contributed by atoms with Crippen LogP contribution in [-0.2, 0) is 4.79 Å². The number of nitrogens with one attached hydrogen (secondary N) is 3. The van der Waals surface area contributed by atoms with Crippen LogP contribution in [0.3, 0.4) is 0 Å². The van der Waals surface area contributed by atoms with E-state index in [0.717, 1.165) is 29.7 Å². The third-order valence-electron chi connectivity index (χ3n) is 6.04. The Kier molecular flexibility index (Phi) is 7.51. The molecule has 186 valence electrons. The van der Waals surface area contributed by atoms with Crippen molar-refractivity contribution in [2.75, 3.05) is 44.4 Å². The smallest absolute Gasteiger partial charge is 0.236 e. The second-order valence-corrected chi connectivity index (χ2v) is 9.57. The first-order chi connectivity index (χ1) is 16.7. The molecular formula is C24H30ClFN8O. The first-order valence-electron chi connectivity index (χ1n) is 11.5. The van der Waals surface area contributed by atoms with Crippen LogP contribution in [0, 0.1) is 19.7 Å². The number of likely N-dealkylation sites (N-methyl/N-ethyl adjacent to an activating group) is 1. The van der Waals surface area contributed by atoms with Crippen molar-refractivity contribution < 1.29 is 9.18 Å². The van der Waals surface area contributed by atoms with E-state index in [1.165, 1.54) is 6.20 Å². The number of nitrogens with zero attached hydrogens (tertiary/aromatic N) is 5. The number of anilines is 4. The molecule has 3 heterocycles. The lowest BCUT2D eigenvalue weighted by Gasteiger charge is -2.33. The number of piperidine rings is 1. The van der Waals surface area contributed by atoms with Crippen LogP contribution in [0.2, 0.25) is 5.02 Å². The number of likely N-dealkylation sites (tertiary alicyclic amines) is 1. The van der Waals surface area contributed by atoms with Gasteiger partial charge in [0.2, 0.25) is 11.9 Å². The molecule has 0 saturated carbocycles. The molecule has 9 nitrogen and oxygen atoms in total. The maximum Gasteiger partial charge on any atom is 0.236 e. The van der Waals surface area contributed by atoms with E-state index < -0.39 is 0 Å². The van der Waals surface area contributed by atoms with Gasteiger partial charge in [0.15, 0.2) is 11.6 Å². The van der Waals surface area contributed by atoms with Gasteiger partial charge in [0.05, 0.1) is 18.4 Å². The molecule has 1 amide bonds. The van der Waals surface area contributed by atoms with Gasteiger partial charge in [-0.15, -0.1) is 0 Å². The molecule has 0 radical (unpaired) electrons. The van der Waals surface area contributed by atoms with Crippen LogP contribution in [0.5, 0.6) is 0 Å². The van der Waals surface area contributed by atoms with Crippen LogP contribution in [0.15, 0.2) is 24.4 Å². The quantitative estimate of drug-likeness (QED) is 0.443. The number of halogens is 2. The number of rotatable bonds is 7. The number of H-pyrrole nitrogens is 1. The molecule has 1 aliphatic heterocycles. The standard InChI is InChI=1S/C24H30ClFN8O/c1-14-9-20(28-24-27-12-18(25)23(30-24)29-21-10-15(2)31-32-21)19(26)11-17(14)16-5-7-34(8-6-16)22(35)13-33(3)4/h9-12,16H,5-8,13H2,1-4H3,(H3,27,28,29,30,31,32). The Labute approximate surface area is 209 Å². The molecule has 35 heavy (non-hydrogen) atoms. The molecule has 0 spiro atoms. The fraction of sp³-hybridized carbons (Fsp3) is 0.417. The van der Waals surface area contributed by atoms with Crippen LogP contribution < -0.4 is 10.6 Å². The summed E-state index contributed by atoms with van der Waals surface area (Å²) in [6.07, 6.45) is 3.08. The van der Waals surface area contributed by atoms with Gasteiger partial charge in [-0.1, -0.05) is 11.6 Å². The number of amides is 1. The van der Waals surface area contributed by atoms with Crippen LogP contribution in [-0.4, -0.2) is 69.6 Å². The van der Waals surface area contributed by atoms with Crippen LogP contribution >= 0.6 is 11.6 Å². The summed E-state index contributed by atoms with van der Waals surface area (Å²) in [5, 5.41) is 13.3. The van der Waals surface area contributed by atoms with E-state index in [2.05, 4.69) is 30.8 Å². The molecule has 0 aliphatic carbocycles. The predicted molar refractivity (Wildman–Crippen MR) is 135 cm³/mol. The van der Waals surface area contributed by atoms with E-state index >= 15 is 4.39 Å². The molecule has 2 aromatic heterocycles. The van der Waals surface area contributed by atoms with Crippen molar-refractivity contribution in [2.24, 2.45) is 0 Å². The average Bonchev–Trinajstić information content (AvgIpc) is 3.22. The summed E-state index contributed by atoms with van der Waals surface area (Å²) in [4.78, 5) is 24.6. The first kappa shape index (κ1) is 24.9. The number of aromatic nitrogens is 4. The van der Waals surface area contributed by atoms with E-state index in [-0.39, 0.29) is 29.3 Å². The number of carbonyl (C=O) groups is 1. The third-order valence-corrected chi connectivity index (χ3v) is 6.31. The van der Waals surface area contributed by atoms with E-state index in [4.69, 9.17) is 11.6 Å². The second kappa shape index (κ2) is 10.6. The highest BCUT2D eigenvalue weighted by molar-refractivity contribution is 6.32. The Hall–Kier alpha value is -3.24. The van der Waals surface area contributed by atoms with Crippen molar-refractivity contribution in [2.45, 2.75) is 32.6 Å². The Morgan fingerprint density at radius 1 is 1.23 bits per heavy atom. The van der Waals surface area contributed by atoms with Crippen molar-refractivity contribution >= 4 is 40.8 Å². The first-order valence-corrected chi connectivity index (χ1v) is 11.9. The average molecular weight is 501 g/mol. The Morgan fingerprint density at radius 2 is 1.97 bits per heavy atom. The van der Waals surface area contributed by atoms with Gasteiger partial charge in [-0.25, -0.2) is 9.37 Å². The van der Waals surface area contributed by atoms with Gasteiger partial charge in [0.25, 0.3) is 0 Å². The number of benzene rings is 1. The van der Waals surface area contributed by atoms with Crippen molar-refractivity contribution in [1.29, 1.82) is 0 Å². The lowest BCUT2D eigenvalue weighted by atomic mass is 9.86. The molecule has 11 heteroatoms. The zero-order chi connectivity index (χ0) is 25.1. The zero-order valence-corrected chi connectivity index (χ0v) is 21.1. The Balaban J connectivity index is 1.45. The van der Waals surface area contributed by atoms with E-state index in [1.807, 2.05) is 43.8 Å². The lowest BCUT2D eigenvalue weighted by molar-refractivity contribution is -0.132. The normalized spacial score (nSPS) is 14.4. The minimum absolute atomic E-state index is 0.134. The summed E-state index contributed by atoms with van der Waals surface area (Å²) < 4.78 is 15.1. The van der Waals surface area contributed by atoms with E-state index in [1.54, 1.807) is 12.1 Å². The molecule has 3 N–H and O–H groups in total. The molecule has 1 fully saturated rings. The fourth-order valence-corrected chi connectivity index (χ4v) is 4.42. The van der Waals surface area contributed by atoms with Crippen LogP contribution in [0.1, 0.15) is 35.6 Å². The highest BCUT2D eigenvalue weighted by Crippen LogP contribution is 2.34. The molecule has 3 aromatic rings. The largest absolute Gasteiger partial charge is 0.342 e. The van der Waals surface area contributed by atoms with Gasteiger partial charge in [0, 0.05) is 24.8 Å². The van der Waals surface area contributed by atoms with E-state index in [0.29, 0.717) is 36.3 Å². The molecule has 0 unspecified atom stereocenters. The van der Waals surface area contributed by atoms with Gasteiger partial charge in [-0.2, -0.15) is 10.1 Å². The number of carbonyl (C=O) groups excluding carboxylic acids is 1. The molecular weight excluding hydrogens is 471 g/mol. The van der Waals surface area contributed by atoms with Crippen molar-refractivity contribution in [1.82, 2.24) is 30.0 Å². The zero-order valence-electron chi connectivity index (χ0n) is 20.3. The lowest BCUT2D eigenvalue weighted by Crippen LogP contribution is -2.42. The second-order valence-electron chi connectivity index (χ2n) is 9.16. The summed E-state index contributed by atoms with van der Waals surface area (Å²) in [5.41, 5.74) is 3.13. The SMILES string of the molecule is Cc1cc(Nc2nc(Nc3cc(C)c(C4CCN(C(=O)CN(C)C)CC4)cc3F)ncc2Cl)n[nH]1. The number of hydrogen-bond acceptors (Lipinski definition) is 7. The minimum atomic E-state index is -0.382. The fourth-order valence-electron chi connectivity index (χ4n) is 4.28. The summed E-state index contributed by atoms with van der Waals surface area (Å²) >= 11 is 6.22. The summed E-state index contributed by atoms with van der Waals surface area (Å²) in [7, 11) is 3.78. The molecule has 1 aliphatic rings. The van der Waals surface area contributed by atoms with Crippen LogP contribution in [0.4, 0.5) is 27.7 Å². The topological polar surface area (TPSA) is 102 Å².